The fourth-order valence-corrected chi connectivity index (χ4v) is 3.08. The van der Waals surface area contributed by atoms with Crippen LogP contribution >= 0.6 is 11.6 Å². The van der Waals surface area contributed by atoms with E-state index in [0.29, 0.717) is 10.7 Å². The lowest BCUT2D eigenvalue weighted by atomic mass is 10.5. The van der Waals surface area contributed by atoms with E-state index in [-0.39, 0.29) is 16.5 Å². The molecule has 0 aliphatic heterocycles. The van der Waals surface area contributed by atoms with Gasteiger partial charge in [0, 0.05) is 24.3 Å². The predicted octanol–water partition coefficient (Wildman–Crippen LogP) is 1.16. The van der Waals surface area contributed by atoms with E-state index < -0.39 is 10.0 Å². The van der Waals surface area contributed by atoms with Gasteiger partial charge in [-0.3, -0.25) is 9.40 Å². The van der Waals surface area contributed by atoms with Crippen LogP contribution in [-0.2, 0) is 17.1 Å². The zero-order chi connectivity index (χ0) is 14.2. The molecule has 0 aliphatic rings. The molecule has 0 saturated carbocycles. The van der Waals surface area contributed by atoms with E-state index in [4.69, 9.17) is 17.3 Å². The third-order valence-corrected chi connectivity index (χ3v) is 4.29. The van der Waals surface area contributed by atoms with E-state index in [1.807, 2.05) is 0 Å². The van der Waals surface area contributed by atoms with E-state index in [0.717, 1.165) is 0 Å². The summed E-state index contributed by atoms with van der Waals surface area (Å²) in [6.07, 6.45) is 1.40. The number of aryl methyl sites for hydroxylation is 1. The summed E-state index contributed by atoms with van der Waals surface area (Å²) in [4.78, 5) is 3.82. The van der Waals surface area contributed by atoms with Crippen molar-refractivity contribution in [3.8, 4) is 0 Å². The van der Waals surface area contributed by atoms with Gasteiger partial charge in [-0.05, 0) is 13.0 Å². The summed E-state index contributed by atoms with van der Waals surface area (Å²) in [6.45, 7) is 1.61. The standard InChI is InChI=1S/C10H12ClN5O2S/c1-6-9(10(12)14-16(6)2)19(17,18)15-8-5-7(11)3-4-13-8/h3-5H,1-2H3,(H2,12,14)(H,13,15). The van der Waals surface area contributed by atoms with Crippen LogP contribution in [0.25, 0.3) is 0 Å². The monoisotopic (exact) mass is 301 g/mol. The van der Waals surface area contributed by atoms with Gasteiger partial charge in [-0.1, -0.05) is 11.6 Å². The third kappa shape index (κ3) is 2.64. The number of anilines is 2. The first-order chi connectivity index (χ1) is 8.81. The highest BCUT2D eigenvalue weighted by molar-refractivity contribution is 7.93. The summed E-state index contributed by atoms with van der Waals surface area (Å²) in [5.41, 5.74) is 6.05. The number of halogens is 1. The molecular formula is C10H12ClN5O2S. The number of sulfonamides is 1. The molecule has 0 atom stereocenters. The lowest BCUT2D eigenvalue weighted by Crippen LogP contribution is -2.16. The van der Waals surface area contributed by atoms with Gasteiger partial charge in [0.15, 0.2) is 10.7 Å². The average molecular weight is 302 g/mol. The Labute approximate surface area is 115 Å². The first-order valence-corrected chi connectivity index (χ1v) is 7.11. The third-order valence-electron chi connectivity index (χ3n) is 2.53. The molecule has 19 heavy (non-hydrogen) atoms. The number of nitrogens with one attached hydrogen (secondary N) is 1. The molecule has 102 valence electrons. The van der Waals surface area contributed by atoms with Gasteiger partial charge in [0.05, 0.1) is 5.69 Å². The molecule has 0 amide bonds. The summed E-state index contributed by atoms with van der Waals surface area (Å²) in [6, 6.07) is 2.95. The molecule has 0 radical (unpaired) electrons. The van der Waals surface area contributed by atoms with Gasteiger partial charge in [0.1, 0.15) is 5.82 Å². The molecule has 3 N–H and O–H groups in total. The number of pyridine rings is 1. The highest BCUT2D eigenvalue weighted by Crippen LogP contribution is 2.24. The van der Waals surface area contributed by atoms with Gasteiger partial charge in [-0.2, -0.15) is 5.10 Å². The van der Waals surface area contributed by atoms with Gasteiger partial charge in [0.25, 0.3) is 10.0 Å². The van der Waals surface area contributed by atoms with Crippen LogP contribution in [0.15, 0.2) is 23.2 Å². The van der Waals surface area contributed by atoms with Crippen molar-refractivity contribution in [3.63, 3.8) is 0 Å². The zero-order valence-corrected chi connectivity index (χ0v) is 11.8. The molecule has 0 saturated heterocycles. The number of hydrogen-bond donors (Lipinski definition) is 2. The molecule has 2 aromatic heterocycles. The summed E-state index contributed by atoms with van der Waals surface area (Å²) in [7, 11) is -2.24. The Bertz CT molecular complexity index is 726. The fourth-order valence-electron chi connectivity index (χ4n) is 1.60. The summed E-state index contributed by atoms with van der Waals surface area (Å²) >= 11 is 5.77. The number of nitrogens with two attached hydrogens (primary N) is 1. The Morgan fingerprint density at radius 2 is 2.16 bits per heavy atom. The van der Waals surface area contributed by atoms with Crippen LogP contribution in [0, 0.1) is 6.92 Å². The highest BCUT2D eigenvalue weighted by Gasteiger charge is 2.25. The van der Waals surface area contributed by atoms with Crippen molar-refractivity contribution < 1.29 is 8.42 Å². The topological polar surface area (TPSA) is 103 Å². The molecular weight excluding hydrogens is 290 g/mol. The lowest BCUT2D eigenvalue weighted by molar-refractivity contribution is 0.600. The fraction of sp³-hybridized carbons (Fsp3) is 0.200. The van der Waals surface area contributed by atoms with Crippen LogP contribution in [0.3, 0.4) is 0 Å². The Hall–Kier alpha value is -1.80. The second-order valence-electron chi connectivity index (χ2n) is 3.89. The number of aromatic nitrogens is 3. The number of hydrogen-bond acceptors (Lipinski definition) is 5. The minimum Gasteiger partial charge on any atom is -0.381 e. The highest BCUT2D eigenvalue weighted by atomic mass is 35.5. The van der Waals surface area contributed by atoms with E-state index in [1.165, 1.54) is 16.9 Å². The number of nitrogens with zero attached hydrogens (tertiary/aromatic N) is 3. The van der Waals surface area contributed by atoms with E-state index in [1.54, 1.807) is 20.0 Å². The Morgan fingerprint density at radius 1 is 1.47 bits per heavy atom. The minimum absolute atomic E-state index is 0.0585. The molecule has 0 spiro atoms. The molecule has 0 unspecified atom stereocenters. The maximum atomic E-state index is 12.2. The van der Waals surface area contributed by atoms with E-state index in [9.17, 15) is 8.42 Å². The van der Waals surface area contributed by atoms with Crippen LogP contribution in [0.1, 0.15) is 5.69 Å². The molecule has 0 aliphatic carbocycles. The second kappa shape index (κ2) is 4.71. The van der Waals surface area contributed by atoms with Gasteiger partial charge in [-0.15, -0.1) is 0 Å². The van der Waals surface area contributed by atoms with Gasteiger partial charge in [-0.25, -0.2) is 13.4 Å². The van der Waals surface area contributed by atoms with Crippen molar-refractivity contribution >= 4 is 33.3 Å². The first kappa shape index (κ1) is 13.6. The van der Waals surface area contributed by atoms with Gasteiger partial charge >= 0.3 is 0 Å². The SMILES string of the molecule is Cc1c(S(=O)(=O)Nc2cc(Cl)ccn2)c(N)nn1C. The van der Waals surface area contributed by atoms with Crippen molar-refractivity contribution in [1.29, 1.82) is 0 Å². The van der Waals surface area contributed by atoms with Crippen LogP contribution in [-0.4, -0.2) is 23.2 Å². The second-order valence-corrected chi connectivity index (χ2v) is 5.94. The van der Waals surface area contributed by atoms with Crippen molar-refractivity contribution in [2.45, 2.75) is 11.8 Å². The number of rotatable bonds is 3. The van der Waals surface area contributed by atoms with Crippen molar-refractivity contribution in [3.05, 3.63) is 29.0 Å². The average Bonchev–Trinajstić information content (AvgIpc) is 2.52. The zero-order valence-electron chi connectivity index (χ0n) is 10.3. The van der Waals surface area contributed by atoms with Crippen LogP contribution in [0.2, 0.25) is 5.02 Å². The molecule has 7 nitrogen and oxygen atoms in total. The number of nitrogen functional groups attached to an aromatic ring is 1. The summed E-state index contributed by atoms with van der Waals surface area (Å²) in [5.74, 6) is 0.0599. The predicted molar refractivity (Wildman–Crippen MR) is 72.4 cm³/mol. The van der Waals surface area contributed by atoms with E-state index >= 15 is 0 Å². The van der Waals surface area contributed by atoms with Crippen molar-refractivity contribution in [2.24, 2.45) is 7.05 Å². The van der Waals surface area contributed by atoms with Crippen LogP contribution in [0.5, 0.6) is 0 Å². The normalized spacial score (nSPS) is 11.5. The lowest BCUT2D eigenvalue weighted by Gasteiger charge is -2.07. The van der Waals surface area contributed by atoms with Gasteiger partial charge in [0.2, 0.25) is 0 Å². The van der Waals surface area contributed by atoms with Crippen LogP contribution < -0.4 is 10.5 Å². The smallest absolute Gasteiger partial charge is 0.268 e. The molecule has 0 fully saturated rings. The van der Waals surface area contributed by atoms with Crippen molar-refractivity contribution in [2.75, 3.05) is 10.5 Å². The maximum Gasteiger partial charge on any atom is 0.268 e. The minimum atomic E-state index is -3.85. The molecule has 2 aromatic rings. The molecule has 0 aromatic carbocycles. The largest absolute Gasteiger partial charge is 0.381 e. The molecule has 2 rings (SSSR count). The Balaban J connectivity index is 2.44. The summed E-state index contributed by atoms with van der Waals surface area (Å²) in [5, 5.41) is 4.24. The Kier molecular flexibility index (Phi) is 3.38. The summed E-state index contributed by atoms with van der Waals surface area (Å²) < 4.78 is 28.2. The molecule has 2 heterocycles. The maximum absolute atomic E-state index is 12.2. The Morgan fingerprint density at radius 3 is 2.68 bits per heavy atom. The van der Waals surface area contributed by atoms with Gasteiger partial charge < -0.3 is 5.73 Å². The van der Waals surface area contributed by atoms with Crippen molar-refractivity contribution in [1.82, 2.24) is 14.8 Å². The van der Waals surface area contributed by atoms with E-state index in [2.05, 4.69) is 14.8 Å². The molecule has 0 bridgehead atoms. The molecule has 9 heteroatoms. The quantitative estimate of drug-likeness (QED) is 0.885. The first-order valence-electron chi connectivity index (χ1n) is 5.24. The van der Waals surface area contributed by atoms with Crippen LogP contribution in [0.4, 0.5) is 11.6 Å².